The van der Waals surface area contributed by atoms with Crippen molar-refractivity contribution in [3.63, 3.8) is 0 Å². The molecule has 4 nitrogen and oxygen atoms in total. The van der Waals surface area contributed by atoms with E-state index in [0.29, 0.717) is 17.4 Å². The number of aryl methyl sites for hydroxylation is 2. The zero-order chi connectivity index (χ0) is 22.3. The van der Waals surface area contributed by atoms with E-state index in [9.17, 15) is 8.78 Å². The maximum Gasteiger partial charge on any atom is 0.267 e. The van der Waals surface area contributed by atoms with Gasteiger partial charge in [-0.15, -0.1) is 11.3 Å². The first kappa shape index (κ1) is 21.9. The van der Waals surface area contributed by atoms with Crippen LogP contribution >= 0.6 is 11.3 Å². The van der Waals surface area contributed by atoms with E-state index in [-0.39, 0.29) is 11.3 Å². The highest BCUT2D eigenvalue weighted by Crippen LogP contribution is 2.35. The smallest absolute Gasteiger partial charge is 0.267 e. The molecule has 0 radical (unpaired) electrons. The lowest BCUT2D eigenvalue weighted by molar-refractivity contribution is 0.145. The van der Waals surface area contributed by atoms with Gasteiger partial charge in [-0.25, -0.2) is 13.8 Å². The first-order chi connectivity index (χ1) is 15.6. The van der Waals surface area contributed by atoms with Gasteiger partial charge in [-0.3, -0.25) is 4.98 Å². The molecule has 0 saturated carbocycles. The van der Waals surface area contributed by atoms with E-state index in [0.717, 1.165) is 29.0 Å². The minimum Gasteiger partial charge on any atom is -0.493 e. The molecule has 32 heavy (non-hydrogen) atoms. The third kappa shape index (κ3) is 5.48. The average molecular weight is 452 g/mol. The van der Waals surface area contributed by atoms with E-state index in [1.807, 2.05) is 49.4 Å². The molecule has 0 aliphatic rings. The first-order valence-corrected chi connectivity index (χ1v) is 11.2. The van der Waals surface area contributed by atoms with Gasteiger partial charge in [0.05, 0.1) is 17.9 Å². The van der Waals surface area contributed by atoms with E-state index < -0.39 is 6.43 Å². The Morgan fingerprint density at radius 3 is 2.66 bits per heavy atom. The maximum atomic E-state index is 13.7. The summed E-state index contributed by atoms with van der Waals surface area (Å²) in [6.07, 6.45) is 2.42. The van der Waals surface area contributed by atoms with Crippen molar-refractivity contribution in [1.82, 2.24) is 9.97 Å². The highest BCUT2D eigenvalue weighted by Gasteiger charge is 2.16. The topological polar surface area (TPSA) is 47.0 Å². The molecule has 0 spiro atoms. The fourth-order valence-electron chi connectivity index (χ4n) is 3.38. The van der Waals surface area contributed by atoms with E-state index in [1.54, 1.807) is 24.5 Å². The molecule has 4 aromatic rings. The Labute approximate surface area is 190 Å². The number of benzene rings is 2. The van der Waals surface area contributed by atoms with Gasteiger partial charge in [0.1, 0.15) is 5.75 Å². The Hall–Kier alpha value is -3.32. The molecular weight excluding hydrogens is 428 g/mol. The number of nitrogens with one attached hydrogen (secondary N) is 1. The summed E-state index contributed by atoms with van der Waals surface area (Å²) in [4.78, 5) is 9.76. The van der Waals surface area contributed by atoms with Gasteiger partial charge >= 0.3 is 0 Å². The lowest BCUT2D eigenvalue weighted by Gasteiger charge is -2.13. The monoisotopic (exact) mass is 451 g/mol. The van der Waals surface area contributed by atoms with Gasteiger partial charge in [-0.2, -0.15) is 0 Å². The molecule has 0 atom stereocenters. The van der Waals surface area contributed by atoms with Crippen LogP contribution in [0.3, 0.4) is 0 Å². The molecule has 0 fully saturated rings. The molecule has 4 rings (SSSR count). The Bertz CT molecular complexity index is 1150. The molecular formula is C25H23F2N3OS. The van der Waals surface area contributed by atoms with Crippen LogP contribution in [-0.2, 0) is 6.42 Å². The van der Waals surface area contributed by atoms with E-state index in [4.69, 9.17) is 4.74 Å². The van der Waals surface area contributed by atoms with Crippen molar-refractivity contribution in [1.29, 1.82) is 0 Å². The molecule has 0 saturated heterocycles. The quantitative estimate of drug-likeness (QED) is 0.273. The highest BCUT2D eigenvalue weighted by atomic mass is 32.1. The summed E-state index contributed by atoms with van der Waals surface area (Å²) < 4.78 is 33.0. The summed E-state index contributed by atoms with van der Waals surface area (Å²) in [6.45, 7) is 2.35. The fourth-order valence-corrected chi connectivity index (χ4v) is 4.23. The predicted octanol–water partition coefficient (Wildman–Crippen LogP) is 7.21. The zero-order valence-corrected chi connectivity index (χ0v) is 18.4. The maximum absolute atomic E-state index is 13.7. The number of ether oxygens (including phenoxy) is 1. The average Bonchev–Trinajstić information content (AvgIpc) is 3.18. The van der Waals surface area contributed by atoms with E-state index in [1.165, 1.54) is 23.0 Å². The van der Waals surface area contributed by atoms with Crippen molar-refractivity contribution in [2.75, 3.05) is 11.9 Å². The van der Waals surface area contributed by atoms with Crippen LogP contribution in [0, 0.1) is 6.92 Å². The Balaban J connectivity index is 1.42. The third-order valence-electron chi connectivity index (χ3n) is 4.94. The van der Waals surface area contributed by atoms with Crippen LogP contribution < -0.4 is 10.1 Å². The summed E-state index contributed by atoms with van der Waals surface area (Å²) in [5.74, 6) is 0.213. The number of anilines is 2. The summed E-state index contributed by atoms with van der Waals surface area (Å²) in [6, 6.07) is 18.6. The summed E-state index contributed by atoms with van der Waals surface area (Å²) in [5.41, 5.74) is 3.37. The summed E-state index contributed by atoms with van der Waals surface area (Å²) >= 11 is 1.47. The number of thiazole rings is 1. The van der Waals surface area contributed by atoms with Crippen molar-refractivity contribution in [2.45, 2.75) is 26.2 Å². The van der Waals surface area contributed by atoms with Gasteiger partial charge in [0, 0.05) is 28.5 Å². The number of hydrogen-bond acceptors (Lipinski definition) is 5. The zero-order valence-electron chi connectivity index (χ0n) is 17.6. The van der Waals surface area contributed by atoms with Gasteiger partial charge in [0.15, 0.2) is 5.13 Å². The Kier molecular flexibility index (Phi) is 7.07. The number of nitrogens with zero attached hydrogens (tertiary/aromatic N) is 2. The lowest BCUT2D eigenvalue weighted by atomic mass is 10.1. The van der Waals surface area contributed by atoms with Crippen molar-refractivity contribution in [3.05, 3.63) is 89.1 Å². The number of halogens is 2. The second-order valence-corrected chi connectivity index (χ2v) is 8.48. The van der Waals surface area contributed by atoms with E-state index >= 15 is 0 Å². The van der Waals surface area contributed by atoms with Crippen LogP contribution in [0.2, 0.25) is 0 Å². The number of aromatic nitrogens is 2. The Morgan fingerprint density at radius 2 is 1.91 bits per heavy atom. The minimum atomic E-state index is -2.63. The van der Waals surface area contributed by atoms with Gasteiger partial charge < -0.3 is 10.1 Å². The first-order valence-electron chi connectivity index (χ1n) is 10.3. The molecule has 0 bridgehead atoms. The van der Waals surface area contributed by atoms with Gasteiger partial charge in [0.2, 0.25) is 0 Å². The molecule has 0 aliphatic carbocycles. The second-order valence-electron chi connectivity index (χ2n) is 7.28. The second kappa shape index (κ2) is 10.3. The lowest BCUT2D eigenvalue weighted by Crippen LogP contribution is -2.03. The van der Waals surface area contributed by atoms with Crippen LogP contribution in [0.4, 0.5) is 19.6 Å². The van der Waals surface area contributed by atoms with Crippen molar-refractivity contribution >= 4 is 22.2 Å². The van der Waals surface area contributed by atoms with Crippen molar-refractivity contribution < 1.29 is 13.5 Å². The van der Waals surface area contributed by atoms with Crippen LogP contribution in [0.25, 0.3) is 11.3 Å². The van der Waals surface area contributed by atoms with E-state index in [2.05, 4.69) is 15.3 Å². The normalized spacial score (nSPS) is 11.0. The minimum absolute atomic E-state index is 0.129. The largest absolute Gasteiger partial charge is 0.493 e. The molecule has 164 valence electrons. The summed E-state index contributed by atoms with van der Waals surface area (Å²) in [7, 11) is 0. The molecule has 2 aromatic carbocycles. The molecule has 1 N–H and O–H groups in total. The number of pyridine rings is 1. The molecule has 0 aliphatic heterocycles. The number of alkyl halides is 2. The van der Waals surface area contributed by atoms with Crippen LogP contribution in [0.15, 0.2) is 73.1 Å². The number of hydrogen-bond donors (Lipinski definition) is 1. The third-order valence-corrected chi connectivity index (χ3v) is 5.82. The van der Waals surface area contributed by atoms with Crippen molar-refractivity contribution in [2.24, 2.45) is 0 Å². The summed E-state index contributed by atoms with van der Waals surface area (Å²) in [5, 5.41) is 3.78. The van der Waals surface area contributed by atoms with Crippen LogP contribution in [0.1, 0.15) is 28.9 Å². The molecule has 0 unspecified atom stereocenters. The highest BCUT2D eigenvalue weighted by molar-refractivity contribution is 7.16. The molecule has 2 aromatic heterocycles. The molecule has 2 heterocycles. The van der Waals surface area contributed by atoms with Gasteiger partial charge in [-0.1, -0.05) is 30.3 Å². The molecule has 7 heteroatoms. The predicted molar refractivity (Wildman–Crippen MR) is 125 cm³/mol. The van der Waals surface area contributed by atoms with Gasteiger partial charge in [0.25, 0.3) is 6.43 Å². The van der Waals surface area contributed by atoms with Crippen LogP contribution in [0.5, 0.6) is 5.75 Å². The SMILES string of the molecule is Cc1sc(Nc2ccc(OCCCc3ccccc3)c(C(F)F)c2)nc1-c1cccnc1. The standard InChI is InChI=1S/C25H23F2N3OS/c1-17-23(19-10-5-13-28-16-19)30-25(32-17)29-20-11-12-22(21(15-20)24(26)27)31-14-6-9-18-7-3-2-4-8-18/h2-5,7-8,10-13,15-16,24H,6,9,14H2,1H3,(H,29,30). The van der Waals surface area contributed by atoms with Crippen molar-refractivity contribution in [3.8, 4) is 17.0 Å². The Morgan fingerprint density at radius 1 is 1.06 bits per heavy atom. The fraction of sp³-hybridized carbons (Fsp3) is 0.200. The molecule has 0 amide bonds. The number of rotatable bonds is 9. The van der Waals surface area contributed by atoms with Gasteiger partial charge in [-0.05, 0) is 55.7 Å². The van der Waals surface area contributed by atoms with Crippen LogP contribution in [-0.4, -0.2) is 16.6 Å².